The first-order chi connectivity index (χ1) is 16.1. The molecule has 2 aromatic heterocycles. The van der Waals surface area contributed by atoms with E-state index in [1.807, 2.05) is 28.0 Å². The van der Waals surface area contributed by atoms with Gasteiger partial charge in [-0.3, -0.25) is 0 Å². The maximum Gasteiger partial charge on any atom is 0.224 e. The quantitative estimate of drug-likeness (QED) is 0.634. The van der Waals surface area contributed by atoms with Crippen LogP contribution < -0.4 is 14.5 Å². The van der Waals surface area contributed by atoms with Gasteiger partial charge in [0.05, 0.1) is 43.4 Å². The standard InChI is InChI=1S/C24H26FN5O3/c1-32-24-18(3-2-7-26-24)23-27-20(14-22(28-23)30-8-6-17(31)15-30)16-4-5-21(19(25)13-16)29-9-11-33-12-10-29/h2-5,7,13-14,17,31H,6,8-12,15H2,1H3. The molecule has 0 radical (unpaired) electrons. The van der Waals surface area contributed by atoms with Crippen LogP contribution in [0.4, 0.5) is 15.9 Å². The van der Waals surface area contributed by atoms with Crippen LogP contribution in [-0.4, -0.2) is 72.7 Å². The van der Waals surface area contributed by atoms with Crippen molar-refractivity contribution in [1.29, 1.82) is 0 Å². The van der Waals surface area contributed by atoms with Crippen LogP contribution in [0.1, 0.15) is 6.42 Å². The highest BCUT2D eigenvalue weighted by Gasteiger charge is 2.24. The molecule has 1 N–H and O–H groups in total. The average Bonchev–Trinajstić information content (AvgIpc) is 3.30. The molecule has 0 saturated carbocycles. The summed E-state index contributed by atoms with van der Waals surface area (Å²) in [5.41, 5.74) is 2.45. The molecule has 0 amide bonds. The van der Waals surface area contributed by atoms with E-state index in [-0.39, 0.29) is 5.82 Å². The molecule has 33 heavy (non-hydrogen) atoms. The van der Waals surface area contributed by atoms with Crippen LogP contribution >= 0.6 is 0 Å². The molecular weight excluding hydrogens is 425 g/mol. The highest BCUT2D eigenvalue weighted by molar-refractivity contribution is 5.71. The molecule has 2 fully saturated rings. The molecule has 172 valence electrons. The fourth-order valence-electron chi connectivity index (χ4n) is 4.27. The van der Waals surface area contributed by atoms with E-state index >= 15 is 4.39 Å². The molecule has 3 aromatic rings. The zero-order valence-corrected chi connectivity index (χ0v) is 18.4. The maximum absolute atomic E-state index is 15.1. The summed E-state index contributed by atoms with van der Waals surface area (Å²) in [5, 5.41) is 10.0. The predicted octanol–water partition coefficient (Wildman–Crippen LogP) is 2.76. The number of β-amino-alcohol motifs (C(OH)–C–C–N with tert-alkyl or cyclic N) is 1. The zero-order chi connectivity index (χ0) is 22.8. The topological polar surface area (TPSA) is 83.8 Å². The molecule has 0 aliphatic carbocycles. The van der Waals surface area contributed by atoms with E-state index in [1.165, 1.54) is 6.07 Å². The van der Waals surface area contributed by atoms with Gasteiger partial charge in [-0.2, -0.15) is 0 Å². The molecule has 8 nitrogen and oxygen atoms in total. The van der Waals surface area contributed by atoms with E-state index in [4.69, 9.17) is 19.4 Å². The zero-order valence-electron chi connectivity index (χ0n) is 18.4. The van der Waals surface area contributed by atoms with Crippen molar-refractivity contribution in [2.45, 2.75) is 12.5 Å². The third kappa shape index (κ3) is 4.46. The molecule has 9 heteroatoms. The van der Waals surface area contributed by atoms with Crippen molar-refractivity contribution in [2.75, 3.05) is 56.3 Å². The van der Waals surface area contributed by atoms with Crippen molar-refractivity contribution >= 4 is 11.5 Å². The van der Waals surface area contributed by atoms with Crippen LogP contribution in [-0.2, 0) is 4.74 Å². The Labute approximate surface area is 191 Å². The number of nitrogens with zero attached hydrogens (tertiary/aromatic N) is 5. The summed E-state index contributed by atoms with van der Waals surface area (Å²) in [5.74, 6) is 1.23. The van der Waals surface area contributed by atoms with Crippen LogP contribution in [0.3, 0.4) is 0 Å². The molecule has 1 unspecified atom stereocenters. The van der Waals surface area contributed by atoms with Gasteiger partial charge in [0.25, 0.3) is 0 Å². The number of morpholine rings is 1. The number of aliphatic hydroxyl groups excluding tert-OH is 1. The van der Waals surface area contributed by atoms with Gasteiger partial charge in [-0.1, -0.05) is 6.07 Å². The Kier molecular flexibility index (Phi) is 6.06. The van der Waals surface area contributed by atoms with E-state index in [0.29, 0.717) is 85.8 Å². The Morgan fingerprint density at radius 3 is 2.67 bits per heavy atom. The van der Waals surface area contributed by atoms with Crippen LogP contribution in [0.5, 0.6) is 5.88 Å². The third-order valence-corrected chi connectivity index (χ3v) is 6.00. The number of methoxy groups -OCH3 is 1. The molecule has 4 heterocycles. The number of hydrogen-bond acceptors (Lipinski definition) is 8. The third-order valence-electron chi connectivity index (χ3n) is 6.00. The number of ether oxygens (including phenoxy) is 2. The van der Waals surface area contributed by atoms with Gasteiger partial charge in [-0.05, 0) is 30.7 Å². The first kappa shape index (κ1) is 21.5. The second-order valence-corrected chi connectivity index (χ2v) is 8.15. The van der Waals surface area contributed by atoms with E-state index < -0.39 is 6.10 Å². The Hall–Kier alpha value is -3.30. The van der Waals surface area contributed by atoms with Crippen molar-refractivity contribution in [2.24, 2.45) is 0 Å². The van der Waals surface area contributed by atoms with Crippen molar-refractivity contribution < 1.29 is 19.0 Å². The fraction of sp³-hybridized carbons (Fsp3) is 0.375. The molecule has 2 aliphatic heterocycles. The monoisotopic (exact) mass is 451 g/mol. The van der Waals surface area contributed by atoms with Crippen molar-refractivity contribution in [3.05, 3.63) is 48.4 Å². The Morgan fingerprint density at radius 1 is 1.09 bits per heavy atom. The summed E-state index contributed by atoms with van der Waals surface area (Å²) in [6, 6.07) is 10.7. The van der Waals surface area contributed by atoms with E-state index in [9.17, 15) is 5.11 Å². The number of pyridine rings is 1. The molecule has 5 rings (SSSR count). The molecule has 1 atom stereocenters. The lowest BCUT2D eigenvalue weighted by Gasteiger charge is -2.29. The number of anilines is 2. The van der Waals surface area contributed by atoms with Gasteiger partial charge in [0.1, 0.15) is 11.6 Å². The van der Waals surface area contributed by atoms with Crippen molar-refractivity contribution in [3.8, 4) is 28.5 Å². The number of hydrogen-bond donors (Lipinski definition) is 1. The lowest BCUT2D eigenvalue weighted by atomic mass is 10.1. The Balaban J connectivity index is 1.57. The lowest BCUT2D eigenvalue weighted by molar-refractivity contribution is 0.122. The first-order valence-corrected chi connectivity index (χ1v) is 11.1. The van der Waals surface area contributed by atoms with Gasteiger partial charge in [0.2, 0.25) is 5.88 Å². The van der Waals surface area contributed by atoms with Gasteiger partial charge < -0.3 is 24.4 Å². The summed E-state index contributed by atoms with van der Waals surface area (Å²) in [7, 11) is 1.55. The van der Waals surface area contributed by atoms with Crippen LogP contribution in [0.25, 0.3) is 22.6 Å². The molecule has 2 saturated heterocycles. The van der Waals surface area contributed by atoms with Crippen LogP contribution in [0.2, 0.25) is 0 Å². The maximum atomic E-state index is 15.1. The minimum absolute atomic E-state index is 0.299. The smallest absolute Gasteiger partial charge is 0.224 e. The minimum Gasteiger partial charge on any atom is -0.480 e. The number of halogens is 1. The molecular formula is C24H26FN5O3. The second-order valence-electron chi connectivity index (χ2n) is 8.15. The van der Waals surface area contributed by atoms with Crippen LogP contribution in [0, 0.1) is 5.82 Å². The van der Waals surface area contributed by atoms with Crippen LogP contribution in [0.15, 0.2) is 42.6 Å². The SMILES string of the molecule is COc1ncccc1-c1nc(-c2ccc(N3CCOCC3)c(F)c2)cc(N2CCC(O)C2)n1. The summed E-state index contributed by atoms with van der Waals surface area (Å²) >= 11 is 0. The lowest BCUT2D eigenvalue weighted by Crippen LogP contribution is -2.36. The van der Waals surface area contributed by atoms with E-state index in [2.05, 4.69) is 4.98 Å². The highest BCUT2D eigenvalue weighted by atomic mass is 19.1. The van der Waals surface area contributed by atoms with Gasteiger partial charge in [0, 0.05) is 44.0 Å². The van der Waals surface area contributed by atoms with E-state index in [1.54, 1.807) is 25.4 Å². The van der Waals surface area contributed by atoms with Gasteiger partial charge in [0.15, 0.2) is 5.82 Å². The number of rotatable bonds is 5. The number of aliphatic hydroxyl groups is 1. The summed E-state index contributed by atoms with van der Waals surface area (Å²) in [6.45, 7) is 3.69. The fourth-order valence-corrected chi connectivity index (χ4v) is 4.27. The molecule has 0 spiro atoms. The normalized spacial score (nSPS) is 18.6. The van der Waals surface area contributed by atoms with Crippen molar-refractivity contribution in [1.82, 2.24) is 15.0 Å². The predicted molar refractivity (Wildman–Crippen MR) is 123 cm³/mol. The summed E-state index contributed by atoms with van der Waals surface area (Å²) in [6.07, 6.45) is 1.92. The minimum atomic E-state index is -0.398. The molecule has 2 aliphatic rings. The Bertz CT molecular complexity index is 1140. The number of benzene rings is 1. The van der Waals surface area contributed by atoms with E-state index in [0.717, 1.165) is 0 Å². The summed E-state index contributed by atoms with van der Waals surface area (Å²) in [4.78, 5) is 17.7. The number of aromatic nitrogens is 3. The largest absolute Gasteiger partial charge is 0.480 e. The summed E-state index contributed by atoms with van der Waals surface area (Å²) < 4.78 is 25.9. The second kappa shape index (κ2) is 9.29. The van der Waals surface area contributed by atoms with Gasteiger partial charge in [-0.15, -0.1) is 0 Å². The average molecular weight is 452 g/mol. The van der Waals surface area contributed by atoms with Gasteiger partial charge >= 0.3 is 0 Å². The van der Waals surface area contributed by atoms with Crippen molar-refractivity contribution in [3.63, 3.8) is 0 Å². The highest BCUT2D eigenvalue weighted by Crippen LogP contribution is 2.32. The Morgan fingerprint density at radius 2 is 1.94 bits per heavy atom. The van der Waals surface area contributed by atoms with Gasteiger partial charge in [-0.25, -0.2) is 19.3 Å². The molecule has 0 bridgehead atoms. The first-order valence-electron chi connectivity index (χ1n) is 11.1. The molecule has 1 aromatic carbocycles.